The molecule has 1 N–H and O–H groups in total. The molecule has 1 aliphatic rings. The fourth-order valence-electron chi connectivity index (χ4n) is 5.96. The van der Waals surface area contributed by atoms with E-state index in [1.807, 2.05) is 13.8 Å². The van der Waals surface area contributed by atoms with Gasteiger partial charge in [0.05, 0.1) is 5.60 Å². The second-order valence-corrected chi connectivity index (χ2v) is 13.4. The Labute approximate surface area is 250 Å². The van der Waals surface area contributed by atoms with Gasteiger partial charge in [0, 0.05) is 19.1 Å². The first kappa shape index (κ1) is 37.6. The van der Waals surface area contributed by atoms with Crippen LogP contribution in [0.4, 0.5) is 0 Å². The van der Waals surface area contributed by atoms with Crippen LogP contribution in [-0.2, 0) is 14.3 Å². The lowest BCUT2D eigenvalue weighted by atomic mass is 9.91. The topological polar surface area (TPSA) is 55.8 Å². The normalized spacial score (nSPS) is 18.1. The summed E-state index contributed by atoms with van der Waals surface area (Å²) in [6.45, 7) is 7.53. The first-order valence-corrected chi connectivity index (χ1v) is 17.9. The molecular weight excluding hydrogens is 496 g/mol. The lowest BCUT2D eigenvalue weighted by Crippen LogP contribution is -2.23. The lowest BCUT2D eigenvalue weighted by Gasteiger charge is -2.23. The highest BCUT2D eigenvalue weighted by molar-refractivity contribution is 5.77. The molecule has 1 saturated heterocycles. The lowest BCUT2D eigenvalue weighted by molar-refractivity contribution is -0.162. The first-order valence-electron chi connectivity index (χ1n) is 17.9. The quantitative estimate of drug-likeness (QED) is 0.0915. The van der Waals surface area contributed by atoms with Crippen LogP contribution in [0.1, 0.15) is 194 Å². The summed E-state index contributed by atoms with van der Waals surface area (Å²) in [4.78, 5) is 11.3. The Morgan fingerprint density at radius 1 is 0.725 bits per heavy atom. The van der Waals surface area contributed by atoms with E-state index >= 15 is 0 Å². The van der Waals surface area contributed by atoms with Gasteiger partial charge in [0.15, 0.2) is 6.29 Å². The maximum absolute atomic E-state index is 11.3. The molecule has 3 unspecified atom stereocenters. The number of aliphatic hydroxyl groups is 1. The van der Waals surface area contributed by atoms with Crippen molar-refractivity contribution in [1.29, 1.82) is 0 Å². The highest BCUT2D eigenvalue weighted by Crippen LogP contribution is 2.23. The van der Waals surface area contributed by atoms with Gasteiger partial charge in [0.1, 0.15) is 5.78 Å². The maximum atomic E-state index is 11.3. The summed E-state index contributed by atoms with van der Waals surface area (Å²) >= 11 is 0. The van der Waals surface area contributed by atoms with Crippen LogP contribution in [-0.4, -0.2) is 36.0 Å². The Kier molecular flexibility index (Phi) is 24.6. The van der Waals surface area contributed by atoms with Crippen molar-refractivity contribution < 1.29 is 19.4 Å². The molecule has 1 fully saturated rings. The molecule has 0 aromatic heterocycles. The maximum Gasteiger partial charge on any atom is 0.157 e. The summed E-state index contributed by atoms with van der Waals surface area (Å²) in [6, 6.07) is 0. The third-order valence-corrected chi connectivity index (χ3v) is 9.10. The van der Waals surface area contributed by atoms with E-state index in [0.717, 1.165) is 51.7 Å². The van der Waals surface area contributed by atoms with E-state index < -0.39 is 5.60 Å². The van der Waals surface area contributed by atoms with Crippen LogP contribution in [0.5, 0.6) is 0 Å². The van der Waals surface area contributed by atoms with Gasteiger partial charge in [-0.15, -0.1) is 0 Å². The van der Waals surface area contributed by atoms with E-state index in [4.69, 9.17) is 9.47 Å². The molecule has 0 aromatic carbocycles. The predicted molar refractivity (Wildman–Crippen MR) is 171 cm³/mol. The van der Waals surface area contributed by atoms with Crippen LogP contribution in [0.25, 0.3) is 0 Å². The molecule has 0 spiro atoms. The van der Waals surface area contributed by atoms with Gasteiger partial charge in [-0.1, -0.05) is 135 Å². The van der Waals surface area contributed by atoms with E-state index in [9.17, 15) is 9.90 Å². The molecule has 1 rings (SSSR count). The van der Waals surface area contributed by atoms with E-state index in [0.29, 0.717) is 5.78 Å². The number of carbonyl (C=O) groups excluding carboxylic acids is 1. The molecule has 4 nitrogen and oxygen atoms in total. The van der Waals surface area contributed by atoms with Gasteiger partial charge in [0.2, 0.25) is 0 Å². The van der Waals surface area contributed by atoms with E-state index in [1.165, 1.54) is 135 Å². The van der Waals surface area contributed by atoms with Crippen molar-refractivity contribution in [2.24, 2.45) is 5.92 Å². The molecule has 0 aliphatic carbocycles. The second-order valence-electron chi connectivity index (χ2n) is 13.4. The molecule has 40 heavy (non-hydrogen) atoms. The minimum Gasteiger partial charge on any atom is -0.390 e. The van der Waals surface area contributed by atoms with Crippen molar-refractivity contribution in [2.45, 2.75) is 206 Å². The van der Waals surface area contributed by atoms with E-state index in [1.54, 1.807) is 6.92 Å². The van der Waals surface area contributed by atoms with Crippen molar-refractivity contribution in [3.05, 3.63) is 0 Å². The number of ketones is 1. The average Bonchev–Trinajstić information content (AvgIpc) is 2.94. The van der Waals surface area contributed by atoms with Crippen LogP contribution in [0.3, 0.4) is 0 Å². The Hall–Kier alpha value is -0.450. The molecule has 0 bridgehead atoms. The third kappa shape index (κ3) is 24.2. The summed E-state index contributed by atoms with van der Waals surface area (Å²) in [5.41, 5.74) is -0.484. The SMILES string of the molecule is CC(=O)C(C)CCCCCCCC(C)(O)CCCCCCCCCCCCCCCCCCOC1CCCCO1. The summed E-state index contributed by atoms with van der Waals surface area (Å²) in [5.74, 6) is 0.539. The van der Waals surface area contributed by atoms with Gasteiger partial charge >= 0.3 is 0 Å². The standard InChI is InChI=1S/C36H70O4/c1-33(34(2)37)27-21-17-16-19-24-30-36(3,38)29-23-18-14-12-10-8-6-4-5-7-9-11-13-15-20-25-31-39-35-28-22-26-32-40-35/h33,35,38H,4-32H2,1-3H3. The minimum atomic E-state index is -0.484. The molecular formula is C36H70O4. The van der Waals surface area contributed by atoms with Gasteiger partial charge < -0.3 is 14.6 Å². The number of Topliss-reactive ketones (excluding diaryl/α,β-unsaturated/α-hetero) is 1. The number of rotatable bonds is 29. The predicted octanol–water partition coefficient (Wildman–Crippen LogP) is 10.9. The zero-order valence-electron chi connectivity index (χ0n) is 27.3. The van der Waals surface area contributed by atoms with Crippen molar-refractivity contribution >= 4 is 5.78 Å². The fraction of sp³-hybridized carbons (Fsp3) is 0.972. The third-order valence-electron chi connectivity index (χ3n) is 9.10. The fourth-order valence-corrected chi connectivity index (χ4v) is 5.96. The summed E-state index contributed by atoms with van der Waals surface area (Å²) < 4.78 is 11.4. The molecule has 0 saturated carbocycles. The van der Waals surface area contributed by atoms with Crippen molar-refractivity contribution in [3.8, 4) is 0 Å². The Balaban J connectivity index is 1.73. The zero-order valence-corrected chi connectivity index (χ0v) is 27.3. The number of carbonyl (C=O) groups is 1. The van der Waals surface area contributed by atoms with Gasteiger partial charge in [-0.05, 0) is 58.8 Å². The molecule has 1 aliphatic heterocycles. The molecule has 238 valence electrons. The van der Waals surface area contributed by atoms with Gasteiger partial charge in [-0.25, -0.2) is 0 Å². The summed E-state index contributed by atoms with van der Waals surface area (Å²) in [7, 11) is 0. The van der Waals surface area contributed by atoms with Gasteiger partial charge in [0.25, 0.3) is 0 Å². The largest absolute Gasteiger partial charge is 0.390 e. The van der Waals surface area contributed by atoms with Gasteiger partial charge in [-0.2, -0.15) is 0 Å². The average molecular weight is 567 g/mol. The van der Waals surface area contributed by atoms with Crippen molar-refractivity contribution in [3.63, 3.8) is 0 Å². The molecule has 0 radical (unpaired) electrons. The number of hydrogen-bond donors (Lipinski definition) is 1. The second kappa shape index (κ2) is 26.2. The molecule has 1 heterocycles. The van der Waals surface area contributed by atoms with Crippen LogP contribution < -0.4 is 0 Å². The van der Waals surface area contributed by atoms with Crippen molar-refractivity contribution in [2.75, 3.05) is 13.2 Å². The molecule has 3 atom stereocenters. The minimum absolute atomic E-state index is 0.0828. The Bertz CT molecular complexity index is 555. The number of unbranched alkanes of at least 4 members (excludes halogenated alkanes) is 19. The number of hydrogen-bond acceptors (Lipinski definition) is 4. The molecule has 4 heteroatoms. The van der Waals surface area contributed by atoms with Crippen LogP contribution in [0.2, 0.25) is 0 Å². The van der Waals surface area contributed by atoms with E-state index in [2.05, 4.69) is 0 Å². The molecule has 0 amide bonds. The zero-order chi connectivity index (χ0) is 29.2. The molecule has 0 aromatic rings. The van der Waals surface area contributed by atoms with E-state index in [-0.39, 0.29) is 12.2 Å². The monoisotopic (exact) mass is 567 g/mol. The highest BCUT2D eigenvalue weighted by atomic mass is 16.7. The smallest absolute Gasteiger partial charge is 0.157 e. The van der Waals surface area contributed by atoms with Crippen LogP contribution in [0.15, 0.2) is 0 Å². The van der Waals surface area contributed by atoms with Crippen LogP contribution >= 0.6 is 0 Å². The first-order chi connectivity index (χ1) is 19.4. The van der Waals surface area contributed by atoms with Crippen LogP contribution in [0, 0.1) is 5.92 Å². The van der Waals surface area contributed by atoms with Crippen molar-refractivity contribution in [1.82, 2.24) is 0 Å². The summed E-state index contributed by atoms with van der Waals surface area (Å²) in [6.07, 6.45) is 34.1. The summed E-state index contributed by atoms with van der Waals surface area (Å²) in [5, 5.41) is 10.7. The Morgan fingerprint density at radius 3 is 1.57 bits per heavy atom. The Morgan fingerprint density at radius 2 is 1.15 bits per heavy atom. The number of ether oxygens (including phenoxy) is 2. The van der Waals surface area contributed by atoms with Gasteiger partial charge in [-0.3, -0.25) is 4.79 Å². The highest BCUT2D eigenvalue weighted by Gasteiger charge is 2.19.